The molecule has 1 aliphatic rings. The molecule has 2 aromatic heterocycles. The fourth-order valence-electron chi connectivity index (χ4n) is 3.16. The van der Waals surface area contributed by atoms with Crippen LogP contribution in [0.2, 0.25) is 0 Å². The van der Waals surface area contributed by atoms with Crippen LogP contribution in [-0.2, 0) is 6.54 Å². The lowest BCUT2D eigenvalue weighted by Crippen LogP contribution is -2.44. The first kappa shape index (κ1) is 15.8. The Bertz CT molecular complexity index is 857. The molecular weight excluding hydrogens is 312 g/mol. The number of benzene rings is 1. The van der Waals surface area contributed by atoms with E-state index in [9.17, 15) is 0 Å². The van der Waals surface area contributed by atoms with Crippen LogP contribution < -0.4 is 10.2 Å². The molecule has 0 spiro atoms. The van der Waals surface area contributed by atoms with Crippen molar-refractivity contribution < 1.29 is 0 Å². The minimum absolute atomic E-state index is 0.735. The average molecular weight is 334 g/mol. The van der Waals surface area contributed by atoms with Crippen LogP contribution in [0.5, 0.6) is 0 Å². The van der Waals surface area contributed by atoms with E-state index in [0.29, 0.717) is 0 Å². The van der Waals surface area contributed by atoms with Crippen molar-refractivity contribution >= 4 is 22.4 Å². The third-order valence-corrected chi connectivity index (χ3v) is 4.66. The Balaban J connectivity index is 1.50. The van der Waals surface area contributed by atoms with E-state index in [-0.39, 0.29) is 0 Å². The van der Waals surface area contributed by atoms with Crippen molar-refractivity contribution in [3.8, 4) is 0 Å². The molecular formula is C19H22N6. The highest BCUT2D eigenvalue weighted by atomic mass is 15.3. The van der Waals surface area contributed by atoms with Crippen LogP contribution in [0.3, 0.4) is 0 Å². The standard InChI is InChI=1S/C19H22N6/c1-24-8-10-25(11-9-24)19-4-5-20-14-18(19)23-13-15-2-3-16-17(12-15)22-7-6-21-16/h2-7,12,14,23H,8-11,13H2,1H3. The third-order valence-electron chi connectivity index (χ3n) is 4.66. The van der Waals surface area contributed by atoms with Crippen molar-refractivity contribution in [3.63, 3.8) is 0 Å². The average Bonchev–Trinajstić information content (AvgIpc) is 2.67. The molecule has 1 fully saturated rings. The molecule has 128 valence electrons. The van der Waals surface area contributed by atoms with Gasteiger partial charge in [0.05, 0.1) is 28.6 Å². The van der Waals surface area contributed by atoms with Crippen LogP contribution in [0.15, 0.2) is 49.1 Å². The van der Waals surface area contributed by atoms with Gasteiger partial charge in [-0.1, -0.05) is 6.07 Å². The quantitative estimate of drug-likeness (QED) is 0.791. The molecule has 0 bridgehead atoms. The van der Waals surface area contributed by atoms with Crippen molar-refractivity contribution in [1.82, 2.24) is 19.9 Å². The summed E-state index contributed by atoms with van der Waals surface area (Å²) >= 11 is 0. The van der Waals surface area contributed by atoms with Crippen LogP contribution in [0.25, 0.3) is 11.0 Å². The van der Waals surface area contributed by atoms with Gasteiger partial charge in [0.2, 0.25) is 0 Å². The number of fused-ring (bicyclic) bond motifs is 1. The SMILES string of the molecule is CN1CCN(c2ccncc2NCc2ccc3nccnc3c2)CC1. The summed E-state index contributed by atoms with van der Waals surface area (Å²) in [6, 6.07) is 8.29. The van der Waals surface area contributed by atoms with Gasteiger partial charge in [-0.15, -0.1) is 0 Å². The third kappa shape index (κ3) is 3.53. The van der Waals surface area contributed by atoms with Gasteiger partial charge in [-0.3, -0.25) is 15.0 Å². The topological polar surface area (TPSA) is 57.2 Å². The largest absolute Gasteiger partial charge is 0.378 e. The number of hydrogen-bond donors (Lipinski definition) is 1. The summed E-state index contributed by atoms with van der Waals surface area (Å²) in [6.45, 7) is 5.00. The zero-order chi connectivity index (χ0) is 17.1. The fraction of sp³-hybridized carbons (Fsp3) is 0.316. The molecule has 0 aliphatic carbocycles. The number of nitrogens with one attached hydrogen (secondary N) is 1. The van der Waals surface area contributed by atoms with Gasteiger partial charge in [-0.05, 0) is 30.8 Å². The predicted molar refractivity (Wildman–Crippen MR) is 101 cm³/mol. The summed E-state index contributed by atoms with van der Waals surface area (Å²) in [5.41, 5.74) is 5.33. The molecule has 1 saturated heterocycles. The van der Waals surface area contributed by atoms with E-state index in [1.165, 1.54) is 11.3 Å². The molecule has 1 aliphatic heterocycles. The number of pyridine rings is 1. The van der Waals surface area contributed by atoms with Crippen molar-refractivity contribution in [2.75, 3.05) is 43.4 Å². The summed E-state index contributed by atoms with van der Waals surface area (Å²) in [5, 5.41) is 3.54. The summed E-state index contributed by atoms with van der Waals surface area (Å²) in [5.74, 6) is 0. The number of aromatic nitrogens is 3. The minimum Gasteiger partial charge on any atom is -0.378 e. The Morgan fingerprint density at radius 1 is 0.960 bits per heavy atom. The monoisotopic (exact) mass is 334 g/mol. The van der Waals surface area contributed by atoms with Gasteiger partial charge >= 0.3 is 0 Å². The van der Waals surface area contributed by atoms with Crippen molar-refractivity contribution in [1.29, 1.82) is 0 Å². The van der Waals surface area contributed by atoms with Crippen LogP contribution in [0.1, 0.15) is 5.56 Å². The second kappa shape index (κ2) is 7.03. The van der Waals surface area contributed by atoms with Gasteiger partial charge in [0, 0.05) is 51.3 Å². The van der Waals surface area contributed by atoms with Gasteiger partial charge in [0.15, 0.2) is 0 Å². The van der Waals surface area contributed by atoms with Gasteiger partial charge in [-0.2, -0.15) is 0 Å². The van der Waals surface area contributed by atoms with Crippen LogP contribution in [-0.4, -0.2) is 53.1 Å². The minimum atomic E-state index is 0.735. The van der Waals surface area contributed by atoms with Gasteiger partial charge in [0.1, 0.15) is 0 Å². The van der Waals surface area contributed by atoms with E-state index in [1.807, 2.05) is 18.5 Å². The molecule has 1 N–H and O–H groups in total. The van der Waals surface area contributed by atoms with Gasteiger partial charge in [-0.25, -0.2) is 0 Å². The molecule has 0 unspecified atom stereocenters. The maximum Gasteiger partial charge on any atom is 0.0890 e. The summed E-state index contributed by atoms with van der Waals surface area (Å²) < 4.78 is 0. The van der Waals surface area contributed by atoms with E-state index in [1.54, 1.807) is 12.4 Å². The molecule has 0 amide bonds. The van der Waals surface area contributed by atoms with Gasteiger partial charge < -0.3 is 15.1 Å². The van der Waals surface area contributed by atoms with E-state index < -0.39 is 0 Å². The predicted octanol–water partition coefficient (Wildman–Crippen LogP) is 2.39. The van der Waals surface area contributed by atoms with Crippen LogP contribution >= 0.6 is 0 Å². The summed E-state index contributed by atoms with van der Waals surface area (Å²) in [6.07, 6.45) is 7.23. The highest BCUT2D eigenvalue weighted by molar-refractivity contribution is 5.75. The number of anilines is 2. The van der Waals surface area contributed by atoms with Crippen molar-refractivity contribution in [2.24, 2.45) is 0 Å². The zero-order valence-corrected chi connectivity index (χ0v) is 14.4. The first-order valence-corrected chi connectivity index (χ1v) is 8.60. The molecule has 6 heteroatoms. The number of hydrogen-bond acceptors (Lipinski definition) is 6. The van der Waals surface area contributed by atoms with Gasteiger partial charge in [0.25, 0.3) is 0 Å². The number of likely N-dealkylation sites (N-methyl/N-ethyl adjacent to an activating group) is 1. The molecule has 1 aromatic carbocycles. The smallest absolute Gasteiger partial charge is 0.0890 e. The highest BCUT2D eigenvalue weighted by Crippen LogP contribution is 2.26. The number of rotatable bonds is 4. The normalized spacial score (nSPS) is 15.5. The molecule has 4 rings (SSSR count). The second-order valence-electron chi connectivity index (χ2n) is 6.42. The second-order valence-corrected chi connectivity index (χ2v) is 6.42. The van der Waals surface area contributed by atoms with Crippen LogP contribution in [0.4, 0.5) is 11.4 Å². The summed E-state index contributed by atoms with van der Waals surface area (Å²) in [4.78, 5) is 17.8. The summed E-state index contributed by atoms with van der Waals surface area (Å²) in [7, 11) is 2.17. The first-order valence-electron chi connectivity index (χ1n) is 8.60. The molecule has 3 aromatic rings. The molecule has 6 nitrogen and oxygen atoms in total. The Morgan fingerprint density at radius 3 is 2.60 bits per heavy atom. The maximum absolute atomic E-state index is 4.38. The van der Waals surface area contributed by atoms with Crippen LogP contribution in [0, 0.1) is 0 Å². The van der Waals surface area contributed by atoms with E-state index in [0.717, 1.165) is 49.4 Å². The number of nitrogens with zero attached hydrogens (tertiary/aromatic N) is 5. The lowest BCUT2D eigenvalue weighted by Gasteiger charge is -2.35. The van der Waals surface area contributed by atoms with Crippen molar-refractivity contribution in [2.45, 2.75) is 6.54 Å². The van der Waals surface area contributed by atoms with E-state index >= 15 is 0 Å². The zero-order valence-electron chi connectivity index (χ0n) is 14.4. The lowest BCUT2D eigenvalue weighted by molar-refractivity contribution is 0.313. The Morgan fingerprint density at radius 2 is 1.76 bits per heavy atom. The highest BCUT2D eigenvalue weighted by Gasteiger charge is 2.16. The Labute approximate surface area is 147 Å². The number of piperazine rings is 1. The van der Waals surface area contributed by atoms with Crippen molar-refractivity contribution in [3.05, 3.63) is 54.6 Å². The maximum atomic E-state index is 4.38. The molecule has 0 radical (unpaired) electrons. The van der Waals surface area contributed by atoms with E-state index in [4.69, 9.17) is 0 Å². The molecule has 25 heavy (non-hydrogen) atoms. The Hall–Kier alpha value is -2.73. The molecule has 0 saturated carbocycles. The lowest BCUT2D eigenvalue weighted by atomic mass is 10.2. The fourth-order valence-corrected chi connectivity index (χ4v) is 3.16. The molecule has 3 heterocycles. The first-order chi connectivity index (χ1) is 12.3. The van der Waals surface area contributed by atoms with E-state index in [2.05, 4.69) is 55.3 Å². The Kier molecular flexibility index (Phi) is 4.43. The molecule has 0 atom stereocenters.